The first kappa shape index (κ1) is 26.4. The molecule has 0 amide bonds. The number of hydrogen-bond donors (Lipinski definition) is 4. The van der Waals surface area contributed by atoms with E-state index >= 15 is 0 Å². The first-order chi connectivity index (χ1) is 18.7. The highest BCUT2D eigenvalue weighted by Gasteiger charge is 2.48. The van der Waals surface area contributed by atoms with Gasteiger partial charge in [0.2, 0.25) is 0 Å². The van der Waals surface area contributed by atoms with Crippen LogP contribution in [0, 0.1) is 17.5 Å². The van der Waals surface area contributed by atoms with Crippen LogP contribution in [0.1, 0.15) is 34.7 Å². The van der Waals surface area contributed by atoms with Crippen molar-refractivity contribution in [3.8, 4) is 16.9 Å². The maximum Gasteiger partial charge on any atom is 0.337 e. The smallest absolute Gasteiger partial charge is 0.337 e. The van der Waals surface area contributed by atoms with Crippen molar-refractivity contribution in [3.05, 3.63) is 77.8 Å². The van der Waals surface area contributed by atoms with E-state index in [-0.39, 0.29) is 41.4 Å². The lowest BCUT2D eigenvalue weighted by Gasteiger charge is -2.42. The molecule has 1 fully saturated rings. The van der Waals surface area contributed by atoms with Crippen LogP contribution in [-0.4, -0.2) is 81.1 Å². The first-order valence-corrected chi connectivity index (χ1v) is 11.6. The number of aromatic carboxylic acids is 1. The number of aliphatic hydroxyl groups excluding tert-OH is 3. The van der Waals surface area contributed by atoms with Crippen LogP contribution >= 0.6 is 0 Å². The van der Waals surface area contributed by atoms with Gasteiger partial charge in [-0.05, 0) is 30.7 Å². The molecule has 0 radical (unpaired) electrons. The Balaban J connectivity index is 1.54. The number of halogens is 3. The average Bonchev–Trinajstić information content (AvgIpc) is 3.59. The van der Waals surface area contributed by atoms with Crippen LogP contribution in [-0.2, 0) is 4.74 Å². The summed E-state index contributed by atoms with van der Waals surface area (Å²) in [5.41, 5.74) is -0.175. The van der Waals surface area contributed by atoms with Gasteiger partial charge in [-0.15, -0.1) is 5.10 Å². The zero-order valence-electron chi connectivity index (χ0n) is 19.8. The topological polar surface area (TPSA) is 169 Å². The fourth-order valence-electron chi connectivity index (χ4n) is 4.57. The van der Waals surface area contributed by atoms with E-state index in [0.29, 0.717) is 0 Å². The van der Waals surface area contributed by atoms with Gasteiger partial charge >= 0.3 is 5.97 Å². The van der Waals surface area contributed by atoms with Gasteiger partial charge in [-0.1, -0.05) is 17.3 Å². The Kier molecular flexibility index (Phi) is 7.14. The Morgan fingerprint density at radius 2 is 1.79 bits per heavy atom. The molecular formula is C24H21F3N6O6. The Labute approximate surface area is 217 Å². The molecular weight excluding hydrogens is 525 g/mol. The summed E-state index contributed by atoms with van der Waals surface area (Å²) in [7, 11) is 0. The summed E-state index contributed by atoms with van der Waals surface area (Å²) in [6.07, 6.45) is -3.10. The van der Waals surface area contributed by atoms with Crippen LogP contribution in [0.25, 0.3) is 16.9 Å². The van der Waals surface area contributed by atoms with E-state index in [2.05, 4.69) is 20.4 Å². The highest BCUT2D eigenvalue weighted by atomic mass is 19.2. The van der Waals surface area contributed by atoms with Crippen molar-refractivity contribution >= 4 is 5.97 Å². The standard InChI is InChI=1S/C24H21F3N6O6/c25-13-7-11(8-14(26)18(13)27)15-9-32(31-30-15)19-20(35)17(5-6-34)39-22(21(19)36)23-28-10-29-33(23)16-4-2-1-3-12(16)24(37)38/h1-4,7-10,17,19-22,34-36H,5-6H2,(H,37,38)/t17-,19+,20+,21-,22-/m1/s1. The van der Waals surface area contributed by atoms with Crippen LogP contribution < -0.4 is 0 Å². The number of benzene rings is 2. The molecule has 2 aromatic carbocycles. The molecule has 15 heteroatoms. The lowest BCUT2D eigenvalue weighted by molar-refractivity contribution is -0.205. The van der Waals surface area contributed by atoms with Gasteiger partial charge in [0.15, 0.2) is 23.3 Å². The second kappa shape index (κ2) is 10.5. The zero-order valence-corrected chi connectivity index (χ0v) is 19.8. The van der Waals surface area contributed by atoms with Gasteiger partial charge in [-0.3, -0.25) is 0 Å². The second-order valence-electron chi connectivity index (χ2n) is 8.77. The fourth-order valence-corrected chi connectivity index (χ4v) is 4.57. The van der Waals surface area contributed by atoms with Gasteiger partial charge in [-0.25, -0.2) is 32.3 Å². The molecule has 4 aromatic rings. The van der Waals surface area contributed by atoms with Gasteiger partial charge in [0, 0.05) is 12.2 Å². The first-order valence-electron chi connectivity index (χ1n) is 11.6. The number of carbonyl (C=O) groups is 1. The number of nitrogens with zero attached hydrogens (tertiary/aromatic N) is 6. The minimum Gasteiger partial charge on any atom is -0.478 e. The molecule has 1 aliphatic heterocycles. The van der Waals surface area contributed by atoms with Crippen molar-refractivity contribution in [2.24, 2.45) is 0 Å². The largest absolute Gasteiger partial charge is 0.478 e. The molecule has 2 aromatic heterocycles. The molecule has 1 saturated heterocycles. The van der Waals surface area contributed by atoms with Crippen molar-refractivity contribution in [3.63, 3.8) is 0 Å². The predicted molar refractivity (Wildman–Crippen MR) is 124 cm³/mol. The summed E-state index contributed by atoms with van der Waals surface area (Å²) in [6, 6.07) is 6.15. The van der Waals surface area contributed by atoms with E-state index in [9.17, 15) is 38.4 Å². The molecule has 5 atom stereocenters. The van der Waals surface area contributed by atoms with Gasteiger partial charge in [0.25, 0.3) is 0 Å². The number of carboxylic acids is 1. The van der Waals surface area contributed by atoms with Crippen LogP contribution in [0.4, 0.5) is 13.2 Å². The van der Waals surface area contributed by atoms with E-state index in [1.165, 1.54) is 29.1 Å². The lowest BCUT2D eigenvalue weighted by atomic mass is 9.90. The normalized spacial score (nSPS) is 23.2. The third-order valence-corrected chi connectivity index (χ3v) is 6.41. The number of aromatic nitrogens is 6. The fraction of sp³-hybridized carbons (Fsp3) is 0.292. The average molecular weight is 546 g/mol. The molecule has 0 unspecified atom stereocenters. The number of para-hydroxylation sites is 1. The van der Waals surface area contributed by atoms with Crippen LogP contribution in [0.5, 0.6) is 0 Å². The molecule has 12 nitrogen and oxygen atoms in total. The third-order valence-electron chi connectivity index (χ3n) is 6.41. The minimum absolute atomic E-state index is 0.000875. The molecule has 0 aliphatic carbocycles. The summed E-state index contributed by atoms with van der Waals surface area (Å²) < 4.78 is 49.1. The molecule has 39 heavy (non-hydrogen) atoms. The van der Waals surface area contributed by atoms with Crippen molar-refractivity contribution in [1.82, 2.24) is 29.8 Å². The van der Waals surface area contributed by atoms with Crippen molar-refractivity contribution in [1.29, 1.82) is 0 Å². The predicted octanol–water partition coefficient (Wildman–Crippen LogP) is 1.43. The SMILES string of the molecule is O=C(O)c1ccccc1-n1ncnc1[C@@H]1O[C@H](CCO)[C@H](O)[C@H](n2cc(-c3cc(F)c(F)c(F)c3)nn2)[C@H]1O. The van der Waals surface area contributed by atoms with Gasteiger partial charge < -0.3 is 25.2 Å². The van der Waals surface area contributed by atoms with E-state index in [1.54, 1.807) is 6.07 Å². The van der Waals surface area contributed by atoms with Gasteiger partial charge in [-0.2, -0.15) is 5.10 Å². The molecule has 0 spiro atoms. The molecule has 204 valence electrons. The second-order valence-corrected chi connectivity index (χ2v) is 8.77. The summed E-state index contributed by atoms with van der Waals surface area (Å²) in [6.45, 7) is -0.386. The Morgan fingerprint density at radius 3 is 2.49 bits per heavy atom. The van der Waals surface area contributed by atoms with Crippen molar-refractivity contribution < 1.29 is 43.1 Å². The van der Waals surface area contributed by atoms with Crippen molar-refractivity contribution in [2.75, 3.05) is 6.61 Å². The monoisotopic (exact) mass is 546 g/mol. The Bertz CT molecular complexity index is 1490. The number of hydrogen-bond acceptors (Lipinski definition) is 9. The Hall–Kier alpha value is -4.18. The van der Waals surface area contributed by atoms with Crippen LogP contribution in [0.3, 0.4) is 0 Å². The number of ether oxygens (including phenoxy) is 1. The number of aliphatic hydroxyl groups is 3. The maximum atomic E-state index is 13.8. The highest BCUT2D eigenvalue weighted by Crippen LogP contribution is 2.39. The molecule has 1 aliphatic rings. The van der Waals surface area contributed by atoms with Gasteiger partial charge in [0.1, 0.15) is 36.4 Å². The minimum atomic E-state index is -1.65. The Morgan fingerprint density at radius 1 is 1.08 bits per heavy atom. The maximum absolute atomic E-state index is 13.8. The zero-order chi connectivity index (χ0) is 27.8. The quantitative estimate of drug-likeness (QED) is 0.249. The number of rotatable bonds is 7. The van der Waals surface area contributed by atoms with Crippen molar-refractivity contribution in [2.45, 2.75) is 36.9 Å². The lowest BCUT2D eigenvalue weighted by Crippen LogP contribution is -2.52. The summed E-state index contributed by atoms with van der Waals surface area (Å²) in [5.74, 6) is -5.75. The van der Waals surface area contributed by atoms with E-state index in [0.717, 1.165) is 23.1 Å². The van der Waals surface area contributed by atoms with Crippen LogP contribution in [0.2, 0.25) is 0 Å². The molecule has 0 saturated carbocycles. The van der Waals surface area contributed by atoms with E-state index in [4.69, 9.17) is 4.74 Å². The molecule has 5 rings (SSSR count). The highest BCUT2D eigenvalue weighted by molar-refractivity contribution is 5.91. The third kappa shape index (κ3) is 4.76. The molecule has 4 N–H and O–H groups in total. The summed E-state index contributed by atoms with van der Waals surface area (Å²) >= 11 is 0. The van der Waals surface area contributed by atoms with E-state index in [1.807, 2.05) is 0 Å². The number of carboxylic acid groups (broad SMARTS) is 1. The molecule has 3 heterocycles. The van der Waals surface area contributed by atoms with Crippen LogP contribution in [0.15, 0.2) is 48.9 Å². The summed E-state index contributed by atoms with van der Waals surface area (Å²) in [5, 5.41) is 53.4. The van der Waals surface area contributed by atoms with Gasteiger partial charge in [0.05, 0.1) is 23.6 Å². The molecule has 0 bridgehead atoms. The summed E-state index contributed by atoms with van der Waals surface area (Å²) in [4.78, 5) is 15.9. The van der Waals surface area contributed by atoms with E-state index < -0.39 is 53.9 Å².